The molecular formula is C14H16FN3O2. The Morgan fingerprint density at radius 3 is 2.65 bits per heavy atom. The fraction of sp³-hybridized carbons (Fsp3) is 0.214. The Labute approximate surface area is 116 Å². The first-order valence-corrected chi connectivity index (χ1v) is 6.16. The molecule has 5 nitrogen and oxygen atoms in total. The van der Waals surface area contributed by atoms with Gasteiger partial charge < -0.3 is 20.3 Å². The standard InChI is InChI=1S/C14H16FN3O2/c1-18-8-2-3-12(18)13(19)9-16-14(20)17-11-6-4-10(15)5-7-11/h2-8,13,19H,9H2,1H3,(H2,16,17,20). The summed E-state index contributed by atoms with van der Waals surface area (Å²) >= 11 is 0. The highest BCUT2D eigenvalue weighted by molar-refractivity contribution is 5.89. The molecule has 0 saturated heterocycles. The third kappa shape index (κ3) is 3.58. The molecular weight excluding hydrogens is 261 g/mol. The number of aryl methyl sites for hydroxylation is 1. The first kappa shape index (κ1) is 14.1. The van der Waals surface area contributed by atoms with Crippen molar-refractivity contribution in [3.8, 4) is 0 Å². The van der Waals surface area contributed by atoms with E-state index in [1.165, 1.54) is 24.3 Å². The van der Waals surface area contributed by atoms with Crippen LogP contribution in [0.25, 0.3) is 0 Å². The smallest absolute Gasteiger partial charge is 0.319 e. The third-order valence-electron chi connectivity index (χ3n) is 2.88. The first-order chi connectivity index (χ1) is 9.56. The summed E-state index contributed by atoms with van der Waals surface area (Å²) in [6, 6.07) is 8.58. The van der Waals surface area contributed by atoms with E-state index in [0.29, 0.717) is 11.4 Å². The van der Waals surface area contributed by atoms with Crippen LogP contribution < -0.4 is 10.6 Å². The second kappa shape index (κ2) is 6.21. The lowest BCUT2D eigenvalue weighted by atomic mass is 10.2. The van der Waals surface area contributed by atoms with Gasteiger partial charge >= 0.3 is 6.03 Å². The number of aliphatic hydroxyl groups is 1. The lowest BCUT2D eigenvalue weighted by Crippen LogP contribution is -2.32. The average Bonchev–Trinajstić information content (AvgIpc) is 2.85. The minimum Gasteiger partial charge on any atom is -0.385 e. The predicted octanol–water partition coefficient (Wildman–Crippen LogP) is 2.02. The van der Waals surface area contributed by atoms with Crippen molar-refractivity contribution < 1.29 is 14.3 Å². The van der Waals surface area contributed by atoms with Gasteiger partial charge in [-0.2, -0.15) is 0 Å². The third-order valence-corrected chi connectivity index (χ3v) is 2.88. The van der Waals surface area contributed by atoms with Crippen molar-refractivity contribution in [3.63, 3.8) is 0 Å². The monoisotopic (exact) mass is 277 g/mol. The number of carbonyl (C=O) groups excluding carboxylic acids is 1. The highest BCUT2D eigenvalue weighted by Gasteiger charge is 2.11. The number of hydrogen-bond donors (Lipinski definition) is 3. The van der Waals surface area contributed by atoms with E-state index >= 15 is 0 Å². The maximum atomic E-state index is 12.7. The van der Waals surface area contributed by atoms with Crippen molar-refractivity contribution in [2.75, 3.05) is 11.9 Å². The fourth-order valence-electron chi connectivity index (χ4n) is 1.82. The highest BCUT2D eigenvalue weighted by Crippen LogP contribution is 2.11. The van der Waals surface area contributed by atoms with Gasteiger partial charge in [-0.3, -0.25) is 0 Å². The molecule has 0 fully saturated rings. The van der Waals surface area contributed by atoms with Gasteiger partial charge in [0.25, 0.3) is 0 Å². The fourth-order valence-corrected chi connectivity index (χ4v) is 1.82. The van der Waals surface area contributed by atoms with E-state index in [1.54, 1.807) is 10.6 Å². The van der Waals surface area contributed by atoms with E-state index in [4.69, 9.17) is 0 Å². The SMILES string of the molecule is Cn1cccc1C(O)CNC(=O)Nc1ccc(F)cc1. The summed E-state index contributed by atoms with van der Waals surface area (Å²) in [6.45, 7) is 0.0882. The van der Waals surface area contributed by atoms with Crippen LogP contribution in [-0.2, 0) is 7.05 Å². The topological polar surface area (TPSA) is 66.3 Å². The van der Waals surface area contributed by atoms with Gasteiger partial charge in [-0.1, -0.05) is 0 Å². The van der Waals surface area contributed by atoms with E-state index in [9.17, 15) is 14.3 Å². The zero-order chi connectivity index (χ0) is 14.5. The van der Waals surface area contributed by atoms with Crippen LogP contribution in [0.4, 0.5) is 14.9 Å². The van der Waals surface area contributed by atoms with Crippen molar-refractivity contribution in [1.29, 1.82) is 0 Å². The van der Waals surface area contributed by atoms with Gasteiger partial charge in [0.15, 0.2) is 0 Å². The maximum Gasteiger partial charge on any atom is 0.319 e. The van der Waals surface area contributed by atoms with E-state index in [1.807, 2.05) is 19.3 Å². The number of hydrogen-bond acceptors (Lipinski definition) is 2. The molecule has 1 atom stereocenters. The largest absolute Gasteiger partial charge is 0.385 e. The predicted molar refractivity (Wildman–Crippen MR) is 73.8 cm³/mol. The number of halogens is 1. The summed E-state index contributed by atoms with van der Waals surface area (Å²) in [5, 5.41) is 15.0. The van der Waals surface area contributed by atoms with Gasteiger partial charge in [0, 0.05) is 24.6 Å². The first-order valence-electron chi connectivity index (χ1n) is 6.16. The number of nitrogens with one attached hydrogen (secondary N) is 2. The number of amides is 2. The summed E-state index contributed by atoms with van der Waals surface area (Å²) < 4.78 is 14.5. The van der Waals surface area contributed by atoms with Crippen molar-refractivity contribution in [3.05, 3.63) is 54.1 Å². The Morgan fingerprint density at radius 2 is 2.05 bits per heavy atom. The molecule has 0 aliphatic rings. The van der Waals surface area contributed by atoms with E-state index in [-0.39, 0.29) is 12.4 Å². The minimum atomic E-state index is -0.783. The van der Waals surface area contributed by atoms with Crippen molar-refractivity contribution in [2.45, 2.75) is 6.10 Å². The van der Waals surface area contributed by atoms with Gasteiger partial charge in [0.2, 0.25) is 0 Å². The average molecular weight is 277 g/mol. The van der Waals surface area contributed by atoms with Crippen LogP contribution in [0.15, 0.2) is 42.6 Å². The van der Waals surface area contributed by atoms with E-state index in [2.05, 4.69) is 10.6 Å². The number of aromatic nitrogens is 1. The van der Waals surface area contributed by atoms with Gasteiger partial charge in [-0.25, -0.2) is 9.18 Å². The van der Waals surface area contributed by atoms with Crippen molar-refractivity contribution in [2.24, 2.45) is 7.05 Å². The number of anilines is 1. The normalized spacial score (nSPS) is 11.9. The summed E-state index contributed by atoms with van der Waals surface area (Å²) in [6.07, 6.45) is 1.03. The van der Waals surface area contributed by atoms with Crippen LogP contribution in [0, 0.1) is 5.82 Å². The van der Waals surface area contributed by atoms with E-state index in [0.717, 1.165) is 0 Å². The highest BCUT2D eigenvalue weighted by atomic mass is 19.1. The molecule has 6 heteroatoms. The molecule has 0 bridgehead atoms. The Kier molecular flexibility index (Phi) is 4.37. The van der Waals surface area contributed by atoms with Gasteiger partial charge in [-0.05, 0) is 36.4 Å². The molecule has 1 aromatic carbocycles. The Morgan fingerprint density at radius 1 is 1.35 bits per heavy atom. The summed E-state index contributed by atoms with van der Waals surface area (Å²) in [7, 11) is 1.82. The molecule has 0 saturated carbocycles. The molecule has 0 radical (unpaired) electrons. The number of rotatable bonds is 4. The van der Waals surface area contributed by atoms with Crippen LogP contribution in [0.3, 0.4) is 0 Å². The van der Waals surface area contributed by atoms with Gasteiger partial charge in [-0.15, -0.1) is 0 Å². The Hall–Kier alpha value is -2.34. The molecule has 2 rings (SSSR count). The molecule has 0 aliphatic carbocycles. The van der Waals surface area contributed by atoms with Crippen LogP contribution in [0.5, 0.6) is 0 Å². The van der Waals surface area contributed by atoms with Crippen molar-refractivity contribution >= 4 is 11.7 Å². The molecule has 0 spiro atoms. The molecule has 1 heterocycles. The van der Waals surface area contributed by atoms with Crippen molar-refractivity contribution in [1.82, 2.24) is 9.88 Å². The van der Waals surface area contributed by atoms with E-state index < -0.39 is 12.1 Å². The summed E-state index contributed by atoms with van der Waals surface area (Å²) in [5.41, 5.74) is 1.20. The van der Waals surface area contributed by atoms with Gasteiger partial charge in [0.1, 0.15) is 11.9 Å². The number of benzene rings is 1. The molecule has 1 unspecified atom stereocenters. The number of aliphatic hydroxyl groups excluding tert-OH is 1. The molecule has 20 heavy (non-hydrogen) atoms. The number of nitrogens with zero attached hydrogens (tertiary/aromatic N) is 1. The molecule has 2 amide bonds. The quantitative estimate of drug-likeness (QED) is 0.800. The zero-order valence-corrected chi connectivity index (χ0v) is 11.0. The minimum absolute atomic E-state index is 0.0882. The second-order valence-electron chi connectivity index (χ2n) is 4.40. The van der Waals surface area contributed by atoms with Crippen LogP contribution in [-0.4, -0.2) is 22.2 Å². The zero-order valence-electron chi connectivity index (χ0n) is 11.0. The second-order valence-corrected chi connectivity index (χ2v) is 4.40. The molecule has 1 aromatic heterocycles. The number of carbonyl (C=O) groups is 1. The maximum absolute atomic E-state index is 12.7. The lowest BCUT2D eigenvalue weighted by Gasteiger charge is -2.13. The Bertz CT molecular complexity index is 580. The van der Waals surface area contributed by atoms with Crippen LogP contribution >= 0.6 is 0 Å². The molecule has 2 aromatic rings. The molecule has 0 aliphatic heterocycles. The summed E-state index contributed by atoms with van der Waals surface area (Å²) in [5.74, 6) is -0.366. The molecule has 3 N–H and O–H groups in total. The van der Waals surface area contributed by atoms with Crippen LogP contribution in [0.2, 0.25) is 0 Å². The Balaban J connectivity index is 1.83. The lowest BCUT2D eigenvalue weighted by molar-refractivity contribution is 0.167. The van der Waals surface area contributed by atoms with Crippen LogP contribution in [0.1, 0.15) is 11.8 Å². The summed E-state index contributed by atoms with van der Waals surface area (Å²) in [4.78, 5) is 11.6. The number of urea groups is 1. The van der Waals surface area contributed by atoms with Gasteiger partial charge in [0.05, 0.1) is 6.54 Å². The molecule has 106 valence electrons.